The zero-order valence-electron chi connectivity index (χ0n) is 17.3. The summed E-state index contributed by atoms with van der Waals surface area (Å²) in [7, 11) is 1.37. The molecule has 3 rings (SSSR count). The zero-order valence-corrected chi connectivity index (χ0v) is 17.3. The minimum Gasteiger partial charge on any atom is -0.468 e. The predicted molar refractivity (Wildman–Crippen MR) is 115 cm³/mol. The third-order valence-corrected chi connectivity index (χ3v) is 5.15. The molecule has 1 fully saturated rings. The molecular formula is C21H28N6O3. The molecule has 1 aliphatic carbocycles. The summed E-state index contributed by atoms with van der Waals surface area (Å²) in [4.78, 5) is 32.1. The average Bonchev–Trinajstić information content (AvgIpc) is 2.73. The van der Waals surface area contributed by atoms with Crippen molar-refractivity contribution in [1.29, 1.82) is 0 Å². The first-order valence-corrected chi connectivity index (χ1v) is 10.0. The van der Waals surface area contributed by atoms with Crippen LogP contribution in [0.15, 0.2) is 30.5 Å². The Morgan fingerprint density at radius 3 is 2.70 bits per heavy atom. The summed E-state index contributed by atoms with van der Waals surface area (Å²) in [5, 5.41) is 9.76. The van der Waals surface area contributed by atoms with E-state index >= 15 is 0 Å². The minimum atomic E-state index is -0.605. The molecular weight excluding hydrogens is 384 g/mol. The molecule has 0 spiro atoms. The van der Waals surface area contributed by atoms with Crippen LogP contribution in [0.2, 0.25) is 0 Å². The molecule has 0 radical (unpaired) electrons. The first-order valence-electron chi connectivity index (χ1n) is 10.0. The van der Waals surface area contributed by atoms with Crippen molar-refractivity contribution in [3.8, 4) is 0 Å². The van der Waals surface area contributed by atoms with Crippen molar-refractivity contribution in [3.63, 3.8) is 0 Å². The molecule has 0 unspecified atom stereocenters. The molecule has 1 aromatic heterocycles. The van der Waals surface area contributed by atoms with Gasteiger partial charge in [0, 0.05) is 24.0 Å². The second-order valence-corrected chi connectivity index (χ2v) is 7.41. The fourth-order valence-corrected chi connectivity index (χ4v) is 3.59. The van der Waals surface area contributed by atoms with Gasteiger partial charge in [-0.1, -0.05) is 25.0 Å². The maximum absolute atomic E-state index is 11.8. The van der Waals surface area contributed by atoms with E-state index in [9.17, 15) is 9.59 Å². The van der Waals surface area contributed by atoms with Gasteiger partial charge in [-0.15, -0.1) is 0 Å². The van der Waals surface area contributed by atoms with Crippen LogP contribution in [0.5, 0.6) is 0 Å². The number of hydrogen-bond donors (Lipinski definition) is 4. The number of nitrogens with one attached hydrogen (secondary N) is 3. The van der Waals surface area contributed by atoms with Gasteiger partial charge in [-0.05, 0) is 37.5 Å². The SMILES string of the molecule is COC(=O)CN[C@H]1CCCC[C@H]1Nc1ncc(C(N)=O)c(Nc2cccc(C)c2)n1. The first-order chi connectivity index (χ1) is 14.5. The van der Waals surface area contributed by atoms with Crippen LogP contribution in [0.4, 0.5) is 17.5 Å². The lowest BCUT2D eigenvalue weighted by Gasteiger charge is -2.32. The van der Waals surface area contributed by atoms with Gasteiger partial charge in [0.05, 0.1) is 13.7 Å². The van der Waals surface area contributed by atoms with Gasteiger partial charge in [0.15, 0.2) is 0 Å². The minimum absolute atomic E-state index is 0.0506. The van der Waals surface area contributed by atoms with Crippen LogP contribution >= 0.6 is 0 Å². The average molecular weight is 412 g/mol. The van der Waals surface area contributed by atoms with Crippen molar-refractivity contribution in [2.45, 2.75) is 44.7 Å². The molecule has 1 aliphatic rings. The predicted octanol–water partition coefficient (Wildman–Crippen LogP) is 2.11. The summed E-state index contributed by atoms with van der Waals surface area (Å²) in [6, 6.07) is 7.88. The van der Waals surface area contributed by atoms with Crippen LogP contribution in [-0.2, 0) is 9.53 Å². The molecule has 1 amide bonds. The maximum atomic E-state index is 11.8. The highest BCUT2D eigenvalue weighted by Crippen LogP contribution is 2.24. The molecule has 1 saturated carbocycles. The number of ether oxygens (including phenoxy) is 1. The largest absolute Gasteiger partial charge is 0.468 e. The summed E-state index contributed by atoms with van der Waals surface area (Å²) >= 11 is 0. The lowest BCUT2D eigenvalue weighted by atomic mass is 9.90. The lowest BCUT2D eigenvalue weighted by Crippen LogP contribution is -2.48. The summed E-state index contributed by atoms with van der Waals surface area (Å²) in [6.07, 6.45) is 5.43. The monoisotopic (exact) mass is 412 g/mol. The highest BCUT2D eigenvalue weighted by Gasteiger charge is 2.26. The molecule has 0 bridgehead atoms. The van der Waals surface area contributed by atoms with Crippen LogP contribution < -0.4 is 21.7 Å². The number of nitrogens with zero attached hydrogens (tertiary/aromatic N) is 2. The van der Waals surface area contributed by atoms with Crippen LogP contribution in [0.3, 0.4) is 0 Å². The maximum Gasteiger partial charge on any atom is 0.319 e. The van der Waals surface area contributed by atoms with E-state index in [1.54, 1.807) is 0 Å². The van der Waals surface area contributed by atoms with E-state index in [2.05, 4.69) is 25.9 Å². The smallest absolute Gasteiger partial charge is 0.319 e. The van der Waals surface area contributed by atoms with Crippen molar-refractivity contribution >= 4 is 29.3 Å². The quantitative estimate of drug-likeness (QED) is 0.485. The third kappa shape index (κ3) is 5.66. The van der Waals surface area contributed by atoms with Crippen LogP contribution in [0.1, 0.15) is 41.6 Å². The molecule has 5 N–H and O–H groups in total. The molecule has 30 heavy (non-hydrogen) atoms. The fraction of sp³-hybridized carbons (Fsp3) is 0.429. The highest BCUT2D eigenvalue weighted by molar-refractivity contribution is 5.98. The summed E-state index contributed by atoms with van der Waals surface area (Å²) in [6.45, 7) is 2.14. The molecule has 1 heterocycles. The van der Waals surface area contributed by atoms with E-state index in [0.29, 0.717) is 11.8 Å². The number of hydrogen-bond acceptors (Lipinski definition) is 8. The number of nitrogens with two attached hydrogens (primary N) is 1. The molecule has 160 valence electrons. The zero-order chi connectivity index (χ0) is 21.5. The van der Waals surface area contributed by atoms with Gasteiger partial charge in [0.1, 0.15) is 11.4 Å². The van der Waals surface area contributed by atoms with Crippen molar-refractivity contribution in [2.24, 2.45) is 5.73 Å². The second kappa shape index (κ2) is 10.0. The summed E-state index contributed by atoms with van der Waals surface area (Å²) in [5.74, 6) is -0.162. The molecule has 9 nitrogen and oxygen atoms in total. The molecule has 9 heteroatoms. The van der Waals surface area contributed by atoms with Crippen LogP contribution in [-0.4, -0.2) is 47.6 Å². The van der Waals surface area contributed by atoms with Crippen LogP contribution in [0, 0.1) is 6.92 Å². The number of aryl methyl sites for hydroxylation is 1. The highest BCUT2D eigenvalue weighted by atomic mass is 16.5. The number of carbonyl (C=O) groups is 2. The number of aromatic nitrogens is 2. The number of anilines is 3. The first kappa shape index (κ1) is 21.5. The standard InChI is InChI=1S/C21H28N6O3/c1-13-6-5-7-14(10-13)25-20-15(19(22)29)11-24-21(27-20)26-17-9-4-3-8-16(17)23-12-18(28)30-2/h5-7,10-11,16-17,23H,3-4,8-9,12H2,1-2H3,(H2,22,29)(H2,24,25,26,27)/t16-,17+/m0/s1. The Labute approximate surface area is 175 Å². The number of methoxy groups -OCH3 is 1. The van der Waals surface area contributed by atoms with Gasteiger partial charge in [0.2, 0.25) is 5.95 Å². The molecule has 2 aromatic rings. The molecule has 0 aliphatic heterocycles. The van der Waals surface area contributed by atoms with Crippen molar-refractivity contribution in [3.05, 3.63) is 41.6 Å². The van der Waals surface area contributed by atoms with E-state index in [4.69, 9.17) is 10.5 Å². The van der Waals surface area contributed by atoms with Gasteiger partial charge in [-0.3, -0.25) is 9.59 Å². The Hall–Kier alpha value is -3.20. The third-order valence-electron chi connectivity index (χ3n) is 5.15. The number of carbonyl (C=O) groups excluding carboxylic acids is 2. The van der Waals surface area contributed by atoms with Crippen molar-refractivity contribution in [1.82, 2.24) is 15.3 Å². The molecule has 0 saturated heterocycles. The van der Waals surface area contributed by atoms with Crippen LogP contribution in [0.25, 0.3) is 0 Å². The Kier molecular flexibility index (Phi) is 7.18. The van der Waals surface area contributed by atoms with Gasteiger partial charge in [-0.25, -0.2) is 4.98 Å². The number of rotatable bonds is 8. The van der Waals surface area contributed by atoms with E-state index in [-0.39, 0.29) is 30.2 Å². The van der Waals surface area contributed by atoms with Crippen molar-refractivity contribution < 1.29 is 14.3 Å². The number of primary amides is 1. The Morgan fingerprint density at radius 1 is 1.23 bits per heavy atom. The van der Waals surface area contributed by atoms with E-state index in [1.807, 2.05) is 31.2 Å². The lowest BCUT2D eigenvalue weighted by molar-refractivity contribution is -0.139. The van der Waals surface area contributed by atoms with Gasteiger partial charge < -0.3 is 26.4 Å². The molecule has 2 atom stereocenters. The Morgan fingerprint density at radius 2 is 2.00 bits per heavy atom. The van der Waals surface area contributed by atoms with E-state index < -0.39 is 5.91 Å². The van der Waals surface area contributed by atoms with E-state index in [1.165, 1.54) is 13.3 Å². The Balaban J connectivity index is 1.77. The van der Waals surface area contributed by atoms with E-state index in [0.717, 1.165) is 36.9 Å². The van der Waals surface area contributed by atoms with Gasteiger partial charge >= 0.3 is 5.97 Å². The molecule has 1 aromatic carbocycles. The number of esters is 1. The fourth-order valence-electron chi connectivity index (χ4n) is 3.59. The number of benzene rings is 1. The van der Waals surface area contributed by atoms with Gasteiger partial charge in [0.25, 0.3) is 5.91 Å². The topological polar surface area (TPSA) is 131 Å². The normalized spacial score (nSPS) is 18.5. The number of amides is 1. The van der Waals surface area contributed by atoms with Crippen molar-refractivity contribution in [2.75, 3.05) is 24.3 Å². The van der Waals surface area contributed by atoms with Gasteiger partial charge in [-0.2, -0.15) is 4.98 Å². The summed E-state index contributed by atoms with van der Waals surface area (Å²) in [5.41, 5.74) is 7.60. The summed E-state index contributed by atoms with van der Waals surface area (Å²) < 4.78 is 4.71. The Bertz CT molecular complexity index is 904. The second-order valence-electron chi connectivity index (χ2n) is 7.41.